The van der Waals surface area contributed by atoms with E-state index in [1.54, 1.807) is 0 Å². The molecule has 158 valence electrons. The van der Waals surface area contributed by atoms with Crippen LogP contribution in [0.2, 0.25) is 0 Å². The van der Waals surface area contributed by atoms with Crippen LogP contribution in [-0.4, -0.2) is 75.0 Å². The van der Waals surface area contributed by atoms with E-state index in [2.05, 4.69) is 14.7 Å². The van der Waals surface area contributed by atoms with Crippen LogP contribution in [0.5, 0.6) is 0 Å². The number of carbonyl (C=O) groups is 1. The number of piperidine rings is 5. The number of hydrogen-bond acceptors (Lipinski definition) is 4. The van der Waals surface area contributed by atoms with E-state index in [9.17, 15) is 4.79 Å². The molecule has 0 radical (unpaired) electrons. The molecule has 5 atom stereocenters. The van der Waals surface area contributed by atoms with E-state index in [1.165, 1.54) is 58.0 Å². The lowest BCUT2D eigenvalue weighted by atomic mass is 9.68. The molecule has 28 heavy (non-hydrogen) atoms. The molecule has 0 aromatic carbocycles. The van der Waals surface area contributed by atoms with Crippen LogP contribution in [0, 0.1) is 11.8 Å². The van der Waals surface area contributed by atoms with Gasteiger partial charge in [-0.2, -0.15) is 0 Å². The monoisotopic (exact) mass is 443 g/mol. The smallest absolute Gasteiger partial charge is 0.223 e. The summed E-state index contributed by atoms with van der Waals surface area (Å²) in [4.78, 5) is 20.5. The minimum atomic E-state index is 0. The summed E-state index contributed by atoms with van der Waals surface area (Å²) in [5.74, 6) is 1.84. The van der Waals surface area contributed by atoms with Crippen molar-refractivity contribution in [1.82, 2.24) is 14.7 Å². The van der Waals surface area contributed by atoms with Gasteiger partial charge in [0.2, 0.25) is 5.91 Å². The van der Waals surface area contributed by atoms with Crippen LogP contribution >= 0.6 is 36.4 Å². The Balaban J connectivity index is 0.00000192. The molecule has 0 aromatic heterocycles. The number of rotatable bonds is 1. The van der Waals surface area contributed by atoms with Gasteiger partial charge in [0, 0.05) is 43.4 Å². The largest absolute Gasteiger partial charge is 0.358 e. The summed E-state index contributed by atoms with van der Waals surface area (Å²) in [5, 5.41) is 0.392. The second-order valence-electron chi connectivity index (χ2n) is 9.34. The molecule has 0 unspecified atom stereocenters. The molecule has 5 heterocycles. The maximum Gasteiger partial charge on any atom is 0.223 e. The first-order valence-corrected chi connectivity index (χ1v) is 12.5. The van der Waals surface area contributed by atoms with E-state index in [0.29, 0.717) is 29.5 Å². The lowest BCUT2D eigenvalue weighted by Gasteiger charge is -2.59. The number of likely N-dealkylation sites (tertiary alicyclic amines) is 1. The zero-order valence-corrected chi connectivity index (χ0v) is 19.2. The summed E-state index contributed by atoms with van der Waals surface area (Å²) in [7, 11) is 0. The first-order chi connectivity index (χ1) is 13.2. The summed E-state index contributed by atoms with van der Waals surface area (Å²) in [6.45, 7) is 5.83. The SMILES string of the molecule is Cl.O=C1C[C@@H](SC(=S)N2CCCCC2)C[C@@H]2[C@H]3CCCN4CCC[C@@H](CN12)[C@@H]34. The van der Waals surface area contributed by atoms with Crippen molar-refractivity contribution in [2.24, 2.45) is 11.8 Å². The minimum absolute atomic E-state index is 0. The van der Waals surface area contributed by atoms with Gasteiger partial charge in [-0.05, 0) is 76.3 Å². The lowest BCUT2D eigenvalue weighted by molar-refractivity contribution is -0.150. The molecule has 0 saturated carbocycles. The number of hydrogen-bond donors (Lipinski definition) is 0. The predicted molar refractivity (Wildman–Crippen MR) is 122 cm³/mol. The predicted octanol–water partition coefficient (Wildman–Crippen LogP) is 3.78. The van der Waals surface area contributed by atoms with Crippen LogP contribution < -0.4 is 0 Å². The Morgan fingerprint density at radius 1 is 1.00 bits per heavy atom. The molecule has 5 aliphatic heterocycles. The van der Waals surface area contributed by atoms with Gasteiger partial charge >= 0.3 is 0 Å². The molecule has 0 N–H and O–H groups in total. The van der Waals surface area contributed by atoms with Gasteiger partial charge in [0.25, 0.3) is 0 Å². The molecular weight excluding hydrogens is 410 g/mol. The third-order valence-electron chi connectivity index (χ3n) is 7.78. The Hall–Kier alpha value is -0.0400. The van der Waals surface area contributed by atoms with Gasteiger partial charge in [-0.1, -0.05) is 24.0 Å². The maximum absolute atomic E-state index is 13.1. The zero-order valence-electron chi connectivity index (χ0n) is 16.8. The second-order valence-corrected chi connectivity index (χ2v) is 11.3. The normalized spacial score (nSPS) is 38.3. The third kappa shape index (κ3) is 3.95. The Morgan fingerprint density at radius 3 is 2.54 bits per heavy atom. The number of amides is 1. The standard InChI is InChI=1S/C21H33N3OS2.ClH/c25-19-13-16(27-21(26)23-8-2-1-3-9-23)12-18-17-7-5-11-22-10-4-6-15(20(17)22)14-24(18)19;/h15-18,20H,1-14H2;1H/t15-,16-,17+,18+,20-;/m0./s1. The van der Waals surface area contributed by atoms with Crippen LogP contribution in [0.15, 0.2) is 0 Å². The van der Waals surface area contributed by atoms with E-state index in [-0.39, 0.29) is 12.4 Å². The van der Waals surface area contributed by atoms with Gasteiger partial charge in [0.1, 0.15) is 4.32 Å². The van der Waals surface area contributed by atoms with Crippen LogP contribution in [0.25, 0.3) is 0 Å². The topological polar surface area (TPSA) is 26.8 Å². The lowest BCUT2D eigenvalue weighted by Crippen LogP contribution is -2.67. The quantitative estimate of drug-likeness (QED) is 0.575. The fourth-order valence-electron chi connectivity index (χ4n) is 6.63. The zero-order chi connectivity index (χ0) is 18.4. The van der Waals surface area contributed by atoms with Crippen LogP contribution in [-0.2, 0) is 4.79 Å². The molecule has 0 bridgehead atoms. The summed E-state index contributed by atoms with van der Waals surface area (Å²) < 4.78 is 1.05. The van der Waals surface area contributed by atoms with Crippen LogP contribution in [0.3, 0.4) is 0 Å². The van der Waals surface area contributed by atoms with Crippen molar-refractivity contribution in [1.29, 1.82) is 0 Å². The van der Waals surface area contributed by atoms with Gasteiger partial charge in [0.05, 0.1) is 0 Å². The van der Waals surface area contributed by atoms with E-state index in [0.717, 1.165) is 42.3 Å². The molecular formula is C21H34ClN3OS2. The van der Waals surface area contributed by atoms with Gasteiger partial charge in [-0.25, -0.2) is 0 Å². The summed E-state index contributed by atoms with van der Waals surface area (Å²) in [5.41, 5.74) is 0. The first kappa shape index (κ1) is 21.2. The number of nitrogens with zero attached hydrogens (tertiary/aromatic N) is 3. The van der Waals surface area contributed by atoms with Crippen molar-refractivity contribution in [2.45, 2.75) is 75.1 Å². The second kappa shape index (κ2) is 8.99. The van der Waals surface area contributed by atoms with E-state index in [1.807, 2.05) is 11.8 Å². The summed E-state index contributed by atoms with van der Waals surface area (Å²) in [6, 6.07) is 1.22. The Kier molecular flexibility index (Phi) is 6.81. The Morgan fingerprint density at radius 2 is 1.75 bits per heavy atom. The number of thiocarbonyl (C=S) groups is 1. The third-order valence-corrected chi connectivity index (χ3v) is 9.48. The minimum Gasteiger partial charge on any atom is -0.358 e. The molecule has 0 aliphatic carbocycles. The van der Waals surface area contributed by atoms with Crippen molar-refractivity contribution in [3.05, 3.63) is 0 Å². The Labute approximate surface area is 185 Å². The molecule has 5 saturated heterocycles. The average Bonchev–Trinajstić information content (AvgIpc) is 2.70. The van der Waals surface area contributed by atoms with Crippen molar-refractivity contribution in [3.63, 3.8) is 0 Å². The van der Waals surface area contributed by atoms with E-state index in [4.69, 9.17) is 12.2 Å². The highest BCUT2D eigenvalue weighted by atomic mass is 35.5. The van der Waals surface area contributed by atoms with Crippen LogP contribution in [0.1, 0.15) is 57.8 Å². The number of thioether (sulfide) groups is 1. The number of fused-ring (bicyclic) bond motifs is 2. The van der Waals surface area contributed by atoms with E-state index >= 15 is 0 Å². The van der Waals surface area contributed by atoms with Crippen molar-refractivity contribution in [2.75, 3.05) is 32.7 Å². The highest BCUT2D eigenvalue weighted by molar-refractivity contribution is 8.23. The van der Waals surface area contributed by atoms with Gasteiger partial charge in [-0.15, -0.1) is 12.4 Å². The highest BCUT2D eigenvalue weighted by Crippen LogP contribution is 2.46. The van der Waals surface area contributed by atoms with E-state index < -0.39 is 0 Å². The summed E-state index contributed by atoms with van der Waals surface area (Å²) >= 11 is 7.62. The fourth-order valence-corrected chi connectivity index (χ4v) is 8.36. The molecule has 4 nitrogen and oxygen atoms in total. The molecule has 1 amide bonds. The molecule has 5 rings (SSSR count). The van der Waals surface area contributed by atoms with Gasteiger partial charge < -0.3 is 9.80 Å². The summed E-state index contributed by atoms with van der Waals surface area (Å²) in [6.07, 6.45) is 11.0. The highest BCUT2D eigenvalue weighted by Gasteiger charge is 2.51. The number of halogens is 1. The molecule has 0 spiro atoms. The van der Waals surface area contributed by atoms with Gasteiger partial charge in [-0.3, -0.25) is 9.69 Å². The molecule has 0 aromatic rings. The van der Waals surface area contributed by atoms with Crippen molar-refractivity contribution >= 4 is 46.6 Å². The molecule has 5 fully saturated rings. The van der Waals surface area contributed by atoms with Crippen LogP contribution in [0.4, 0.5) is 0 Å². The van der Waals surface area contributed by atoms with Crippen molar-refractivity contribution in [3.8, 4) is 0 Å². The maximum atomic E-state index is 13.1. The average molecular weight is 444 g/mol. The fraction of sp³-hybridized carbons (Fsp3) is 0.905. The first-order valence-electron chi connectivity index (χ1n) is 11.2. The number of carbonyl (C=O) groups excluding carboxylic acids is 1. The van der Waals surface area contributed by atoms with Crippen molar-refractivity contribution < 1.29 is 4.79 Å². The molecule has 7 heteroatoms. The molecule has 5 aliphatic rings. The Bertz CT molecular complexity index is 598. The van der Waals surface area contributed by atoms with Gasteiger partial charge in [0.15, 0.2) is 0 Å².